The molecule has 8 heteroatoms. The van der Waals surface area contributed by atoms with Gasteiger partial charge in [-0.2, -0.15) is 0 Å². The van der Waals surface area contributed by atoms with E-state index < -0.39 is 0 Å². The predicted octanol–water partition coefficient (Wildman–Crippen LogP) is 1.63. The fourth-order valence-corrected chi connectivity index (χ4v) is 2.79. The van der Waals surface area contributed by atoms with E-state index in [-0.39, 0.29) is 11.7 Å². The molecule has 0 bridgehead atoms. The number of aromatic amines is 1. The van der Waals surface area contributed by atoms with Crippen LogP contribution >= 0.6 is 11.8 Å². The predicted molar refractivity (Wildman–Crippen MR) is 77.8 cm³/mol. The fourth-order valence-electron chi connectivity index (χ4n) is 1.79. The highest BCUT2D eigenvalue weighted by Gasteiger charge is 2.14. The van der Waals surface area contributed by atoms with Crippen molar-refractivity contribution in [3.8, 4) is 0 Å². The van der Waals surface area contributed by atoms with Gasteiger partial charge in [-0.3, -0.25) is 4.57 Å². The molecule has 0 amide bonds. The summed E-state index contributed by atoms with van der Waals surface area (Å²) in [6, 6.07) is 1.71. The van der Waals surface area contributed by atoms with Gasteiger partial charge in [0.05, 0.1) is 0 Å². The highest BCUT2D eigenvalue weighted by Crippen LogP contribution is 2.26. The zero-order valence-corrected chi connectivity index (χ0v) is 12.6. The van der Waals surface area contributed by atoms with Crippen LogP contribution < -0.4 is 11.4 Å². The molecular formula is C12H18N6OS. The number of hydrogen-bond donors (Lipinski definition) is 2. The van der Waals surface area contributed by atoms with Crippen LogP contribution in [0.15, 0.2) is 21.0 Å². The van der Waals surface area contributed by atoms with Crippen LogP contribution in [0.3, 0.4) is 0 Å². The Bertz CT molecular complexity index is 648. The summed E-state index contributed by atoms with van der Waals surface area (Å²) in [6.07, 6.45) is 1.73. The minimum atomic E-state index is -0.224. The van der Waals surface area contributed by atoms with Crippen LogP contribution in [-0.4, -0.2) is 24.7 Å². The van der Waals surface area contributed by atoms with Crippen molar-refractivity contribution in [2.75, 3.05) is 5.73 Å². The number of nitrogen functional groups attached to an aromatic ring is 1. The number of aryl methyl sites for hydroxylation is 1. The lowest BCUT2D eigenvalue weighted by Gasteiger charge is -2.08. The maximum Gasteiger partial charge on any atom is 0.344 e. The molecular weight excluding hydrogens is 276 g/mol. The first kappa shape index (κ1) is 14.6. The lowest BCUT2D eigenvalue weighted by Crippen LogP contribution is -2.19. The van der Waals surface area contributed by atoms with Gasteiger partial charge in [-0.05, 0) is 32.0 Å². The van der Waals surface area contributed by atoms with E-state index in [9.17, 15) is 4.79 Å². The monoisotopic (exact) mass is 294 g/mol. The van der Waals surface area contributed by atoms with Gasteiger partial charge in [-0.15, -0.1) is 5.10 Å². The molecule has 2 heterocycles. The summed E-state index contributed by atoms with van der Waals surface area (Å²) in [7, 11) is 0. The average molecular weight is 294 g/mol. The topological polar surface area (TPSA) is 102 Å². The van der Waals surface area contributed by atoms with Crippen molar-refractivity contribution in [3.63, 3.8) is 0 Å². The van der Waals surface area contributed by atoms with Gasteiger partial charge in [0, 0.05) is 18.5 Å². The van der Waals surface area contributed by atoms with E-state index in [0.717, 1.165) is 12.8 Å². The second-order valence-corrected chi connectivity index (χ2v) is 5.66. The Hall–Kier alpha value is -1.83. The van der Waals surface area contributed by atoms with Gasteiger partial charge in [0.15, 0.2) is 5.16 Å². The van der Waals surface area contributed by atoms with Crippen LogP contribution in [0.5, 0.6) is 0 Å². The first-order valence-corrected chi connectivity index (χ1v) is 7.31. The van der Waals surface area contributed by atoms with Crippen LogP contribution in [0.2, 0.25) is 0 Å². The summed E-state index contributed by atoms with van der Waals surface area (Å²) in [5.41, 5.74) is 5.56. The Morgan fingerprint density at radius 3 is 2.85 bits per heavy atom. The van der Waals surface area contributed by atoms with Gasteiger partial charge in [0.25, 0.3) is 0 Å². The number of anilines is 1. The molecule has 2 rings (SSSR count). The zero-order valence-electron chi connectivity index (χ0n) is 11.8. The first-order valence-electron chi connectivity index (χ1n) is 6.49. The average Bonchev–Trinajstić information content (AvgIpc) is 2.70. The maximum absolute atomic E-state index is 11.7. The quantitative estimate of drug-likeness (QED) is 0.812. The number of H-pyrrole nitrogens is 1. The second kappa shape index (κ2) is 6.08. The Morgan fingerprint density at radius 1 is 1.45 bits per heavy atom. The van der Waals surface area contributed by atoms with Crippen LogP contribution in [0.1, 0.15) is 39.1 Å². The van der Waals surface area contributed by atoms with Crippen molar-refractivity contribution in [2.24, 2.45) is 0 Å². The molecule has 0 aromatic carbocycles. The highest BCUT2D eigenvalue weighted by molar-refractivity contribution is 7.99. The van der Waals surface area contributed by atoms with Crippen molar-refractivity contribution in [1.29, 1.82) is 0 Å². The molecule has 3 N–H and O–H groups in total. The van der Waals surface area contributed by atoms with Gasteiger partial charge < -0.3 is 5.73 Å². The summed E-state index contributed by atoms with van der Waals surface area (Å²) >= 11 is 1.31. The molecule has 7 nitrogen and oxygen atoms in total. The fraction of sp³-hybridized carbons (Fsp3) is 0.500. The van der Waals surface area contributed by atoms with Gasteiger partial charge in [0.1, 0.15) is 16.7 Å². The van der Waals surface area contributed by atoms with Crippen molar-refractivity contribution in [2.45, 2.75) is 49.8 Å². The van der Waals surface area contributed by atoms with E-state index in [4.69, 9.17) is 5.73 Å². The number of nitrogens with two attached hydrogens (primary N) is 1. The molecule has 108 valence electrons. The minimum absolute atomic E-state index is 0.0260. The van der Waals surface area contributed by atoms with Gasteiger partial charge in [-0.1, -0.05) is 6.92 Å². The van der Waals surface area contributed by atoms with Gasteiger partial charge >= 0.3 is 5.69 Å². The third kappa shape index (κ3) is 3.19. The summed E-state index contributed by atoms with van der Waals surface area (Å²) in [5, 5.41) is 7.75. The lowest BCUT2D eigenvalue weighted by molar-refractivity contribution is 0.534. The Balaban J connectivity index is 2.32. The molecule has 0 radical (unpaired) electrons. The molecule has 0 saturated carbocycles. The number of rotatable bonds is 5. The smallest absolute Gasteiger partial charge is 0.344 e. The largest absolute Gasteiger partial charge is 0.384 e. The van der Waals surface area contributed by atoms with Crippen molar-refractivity contribution < 1.29 is 0 Å². The third-order valence-electron chi connectivity index (χ3n) is 2.63. The van der Waals surface area contributed by atoms with Crippen LogP contribution in [0.25, 0.3) is 0 Å². The van der Waals surface area contributed by atoms with E-state index in [0.29, 0.717) is 21.8 Å². The Morgan fingerprint density at radius 2 is 2.20 bits per heavy atom. The van der Waals surface area contributed by atoms with Crippen molar-refractivity contribution in [1.82, 2.24) is 24.7 Å². The van der Waals surface area contributed by atoms with E-state index >= 15 is 0 Å². The molecule has 2 aromatic rings. The highest BCUT2D eigenvalue weighted by atomic mass is 32.2. The summed E-state index contributed by atoms with van der Waals surface area (Å²) in [6.45, 7) is 5.92. The third-order valence-corrected chi connectivity index (χ3v) is 3.52. The van der Waals surface area contributed by atoms with Crippen molar-refractivity contribution in [3.05, 3.63) is 22.4 Å². The normalized spacial score (nSPS) is 11.2. The molecule has 0 atom stereocenters. The number of nitrogens with zero attached hydrogens (tertiary/aromatic N) is 4. The van der Waals surface area contributed by atoms with E-state index in [1.165, 1.54) is 11.8 Å². The van der Waals surface area contributed by atoms with Crippen molar-refractivity contribution >= 4 is 17.6 Å². The molecule has 0 fully saturated rings. The summed E-state index contributed by atoms with van der Waals surface area (Å²) < 4.78 is 1.59. The molecule has 0 unspecified atom stereocenters. The number of nitrogens with one attached hydrogen (secondary N) is 1. The summed E-state index contributed by atoms with van der Waals surface area (Å²) in [4.78, 5) is 20.3. The number of hydrogen-bond acceptors (Lipinski definition) is 6. The first-order chi connectivity index (χ1) is 9.51. The molecule has 0 aliphatic rings. The van der Waals surface area contributed by atoms with Gasteiger partial charge in [-0.25, -0.2) is 19.9 Å². The second-order valence-electron chi connectivity index (χ2n) is 4.67. The van der Waals surface area contributed by atoms with E-state index in [1.807, 2.05) is 13.8 Å². The maximum atomic E-state index is 11.7. The molecule has 0 spiro atoms. The zero-order chi connectivity index (χ0) is 14.7. The minimum Gasteiger partial charge on any atom is -0.384 e. The lowest BCUT2D eigenvalue weighted by atomic mass is 10.3. The van der Waals surface area contributed by atoms with Crippen LogP contribution in [0, 0.1) is 0 Å². The van der Waals surface area contributed by atoms with E-state index in [1.54, 1.807) is 10.6 Å². The SMILES string of the molecule is CCCc1nc(N)cc(Sc2n[nH]c(=O)n2C(C)C)n1. The molecule has 0 aliphatic heterocycles. The Labute approximate surface area is 121 Å². The molecule has 0 aliphatic carbocycles. The van der Waals surface area contributed by atoms with Crippen LogP contribution in [0.4, 0.5) is 5.82 Å². The van der Waals surface area contributed by atoms with E-state index in [2.05, 4.69) is 27.1 Å². The Kier molecular flexibility index (Phi) is 4.43. The van der Waals surface area contributed by atoms with Crippen LogP contribution in [-0.2, 0) is 6.42 Å². The standard InChI is InChI=1S/C12H18N6OS/c1-4-5-9-14-8(13)6-10(15-9)20-12-17-16-11(19)18(12)7(2)3/h6-7H,4-5H2,1-3H3,(H,16,19)(H2,13,14,15). The molecule has 20 heavy (non-hydrogen) atoms. The van der Waals surface area contributed by atoms with Gasteiger partial charge in [0.2, 0.25) is 0 Å². The molecule has 0 saturated heterocycles. The summed E-state index contributed by atoms with van der Waals surface area (Å²) in [5.74, 6) is 1.14. The molecule has 2 aromatic heterocycles. The number of aromatic nitrogens is 5.